The predicted octanol–water partition coefficient (Wildman–Crippen LogP) is 6.20. The van der Waals surface area contributed by atoms with Crippen molar-refractivity contribution in [1.29, 1.82) is 0 Å². The Morgan fingerprint density at radius 1 is 1.11 bits per heavy atom. The van der Waals surface area contributed by atoms with E-state index in [9.17, 15) is 9.90 Å². The molecule has 7 heteroatoms. The molecule has 2 N–H and O–H groups in total. The predicted molar refractivity (Wildman–Crippen MR) is 147 cm³/mol. The van der Waals surface area contributed by atoms with E-state index in [1.165, 1.54) is 18.0 Å². The second kappa shape index (κ2) is 11.7. The Morgan fingerprint density at radius 3 is 2.65 bits per heavy atom. The van der Waals surface area contributed by atoms with Crippen LogP contribution in [0.25, 0.3) is 11.4 Å². The molecular formula is C30H37N3O3S. The number of aryl methyl sites for hydroxylation is 1. The van der Waals surface area contributed by atoms with Gasteiger partial charge in [-0.2, -0.15) is 4.37 Å². The average molecular weight is 520 g/mol. The van der Waals surface area contributed by atoms with E-state index in [-0.39, 0.29) is 29.7 Å². The standard InChI is InChI=1S/C30H37N3O3S/c1-19-15-21(12-14-27(19)36-2)25-13-11-23(17-26(25)34)28(32-30(35)20-7-4-3-5-8-20)22-9-6-10-24(16-22)29-31-18-37-33-29/h6,9-10,12,14-16,18,20,23,25-26,28,34H,3-5,7-8,11,13,17H2,1-2H3,(H,32,35). The Labute approximate surface area is 223 Å². The number of carbonyl (C=O) groups excluding carboxylic acids is 1. The van der Waals surface area contributed by atoms with Crippen LogP contribution in [0.15, 0.2) is 48.0 Å². The number of aliphatic hydroxyl groups is 1. The molecule has 0 spiro atoms. The van der Waals surface area contributed by atoms with Gasteiger partial charge in [0.15, 0.2) is 5.82 Å². The fourth-order valence-electron chi connectivity index (χ4n) is 6.28. The van der Waals surface area contributed by atoms with Gasteiger partial charge in [-0.25, -0.2) is 4.98 Å². The van der Waals surface area contributed by atoms with Gasteiger partial charge in [-0.15, -0.1) is 0 Å². The highest BCUT2D eigenvalue weighted by Crippen LogP contribution is 2.42. The number of nitrogens with zero attached hydrogens (tertiary/aromatic N) is 2. The summed E-state index contributed by atoms with van der Waals surface area (Å²) in [6.45, 7) is 2.04. The Hall–Kier alpha value is -2.77. The van der Waals surface area contributed by atoms with E-state index in [2.05, 4.69) is 38.9 Å². The van der Waals surface area contributed by atoms with Crippen LogP contribution in [0.5, 0.6) is 5.75 Å². The molecule has 2 aliphatic carbocycles. The summed E-state index contributed by atoms with van der Waals surface area (Å²) in [6, 6.07) is 14.3. The van der Waals surface area contributed by atoms with E-state index in [0.717, 1.165) is 66.5 Å². The van der Waals surface area contributed by atoms with Gasteiger partial charge in [0.25, 0.3) is 0 Å². The molecule has 2 aliphatic rings. The van der Waals surface area contributed by atoms with Crippen molar-refractivity contribution in [2.45, 2.75) is 76.4 Å². The van der Waals surface area contributed by atoms with Gasteiger partial charge < -0.3 is 15.2 Å². The van der Waals surface area contributed by atoms with E-state index in [1.807, 2.05) is 25.1 Å². The van der Waals surface area contributed by atoms with E-state index >= 15 is 0 Å². The number of aliphatic hydroxyl groups excluding tert-OH is 1. The number of methoxy groups -OCH3 is 1. The number of hydrogen-bond acceptors (Lipinski definition) is 6. The molecule has 1 aromatic heterocycles. The highest BCUT2D eigenvalue weighted by Gasteiger charge is 2.36. The molecule has 0 saturated heterocycles. The summed E-state index contributed by atoms with van der Waals surface area (Å²) in [5.41, 5.74) is 6.00. The molecule has 3 aromatic rings. The third-order valence-corrected chi connectivity index (χ3v) is 8.79. The molecule has 4 atom stereocenters. The zero-order chi connectivity index (χ0) is 25.8. The lowest BCUT2D eigenvalue weighted by Crippen LogP contribution is -2.41. The third kappa shape index (κ3) is 5.88. The van der Waals surface area contributed by atoms with Gasteiger partial charge in [-0.1, -0.05) is 49.6 Å². The van der Waals surface area contributed by atoms with Gasteiger partial charge in [-0.3, -0.25) is 4.79 Å². The molecule has 0 bridgehead atoms. The molecule has 0 radical (unpaired) electrons. The minimum absolute atomic E-state index is 0.0843. The van der Waals surface area contributed by atoms with Crippen molar-refractivity contribution in [3.63, 3.8) is 0 Å². The summed E-state index contributed by atoms with van der Waals surface area (Å²) < 4.78 is 9.83. The van der Waals surface area contributed by atoms with Crippen molar-refractivity contribution in [1.82, 2.24) is 14.7 Å². The van der Waals surface area contributed by atoms with Crippen LogP contribution in [-0.4, -0.2) is 33.6 Å². The number of ether oxygens (including phenoxy) is 1. The van der Waals surface area contributed by atoms with Gasteiger partial charge in [0.1, 0.15) is 11.3 Å². The number of benzene rings is 2. The van der Waals surface area contributed by atoms with Crippen LogP contribution < -0.4 is 10.1 Å². The van der Waals surface area contributed by atoms with E-state index < -0.39 is 6.10 Å². The second-order valence-electron chi connectivity index (χ2n) is 10.7. The van der Waals surface area contributed by atoms with Gasteiger partial charge in [-0.05, 0) is 85.3 Å². The average Bonchev–Trinajstić information content (AvgIpc) is 3.47. The molecule has 5 rings (SSSR count). The minimum Gasteiger partial charge on any atom is -0.496 e. The van der Waals surface area contributed by atoms with Crippen LogP contribution in [0.2, 0.25) is 0 Å². The Morgan fingerprint density at radius 2 is 1.95 bits per heavy atom. The summed E-state index contributed by atoms with van der Waals surface area (Å²) in [4.78, 5) is 17.8. The first-order valence-corrected chi connectivity index (χ1v) is 14.4. The van der Waals surface area contributed by atoms with E-state index in [1.54, 1.807) is 12.6 Å². The normalized spacial score (nSPS) is 23.4. The second-order valence-corrected chi connectivity index (χ2v) is 11.3. The van der Waals surface area contributed by atoms with Crippen molar-refractivity contribution < 1.29 is 14.6 Å². The number of nitrogens with one attached hydrogen (secondary N) is 1. The highest BCUT2D eigenvalue weighted by molar-refractivity contribution is 7.03. The number of aromatic nitrogens is 2. The maximum Gasteiger partial charge on any atom is 0.223 e. The van der Waals surface area contributed by atoms with Crippen LogP contribution in [0.4, 0.5) is 0 Å². The van der Waals surface area contributed by atoms with Crippen molar-refractivity contribution >= 4 is 17.4 Å². The lowest BCUT2D eigenvalue weighted by molar-refractivity contribution is -0.127. The van der Waals surface area contributed by atoms with Crippen molar-refractivity contribution in [3.05, 3.63) is 64.7 Å². The molecule has 2 fully saturated rings. The van der Waals surface area contributed by atoms with Crippen molar-refractivity contribution in [2.24, 2.45) is 11.8 Å². The molecule has 196 valence electrons. The van der Waals surface area contributed by atoms with Gasteiger partial charge in [0.05, 0.1) is 19.3 Å². The fourth-order valence-corrected chi connectivity index (χ4v) is 6.73. The molecule has 1 amide bonds. The summed E-state index contributed by atoms with van der Waals surface area (Å²) in [5.74, 6) is 2.06. The van der Waals surface area contributed by atoms with Crippen LogP contribution in [0.1, 0.15) is 80.0 Å². The maximum atomic E-state index is 13.4. The molecule has 37 heavy (non-hydrogen) atoms. The molecule has 0 aliphatic heterocycles. The zero-order valence-electron chi connectivity index (χ0n) is 21.7. The quantitative estimate of drug-likeness (QED) is 0.388. The summed E-state index contributed by atoms with van der Waals surface area (Å²) in [6.07, 6.45) is 7.38. The Balaban J connectivity index is 1.38. The molecule has 6 nitrogen and oxygen atoms in total. The van der Waals surface area contributed by atoms with Crippen LogP contribution >= 0.6 is 11.5 Å². The Kier molecular flexibility index (Phi) is 8.20. The molecular weight excluding hydrogens is 482 g/mol. The first-order chi connectivity index (χ1) is 18.0. The van der Waals surface area contributed by atoms with Crippen LogP contribution in [0, 0.1) is 18.8 Å². The number of rotatable bonds is 7. The van der Waals surface area contributed by atoms with Crippen LogP contribution in [0.3, 0.4) is 0 Å². The summed E-state index contributed by atoms with van der Waals surface area (Å²) in [5, 5.41) is 14.8. The van der Waals surface area contributed by atoms with Crippen molar-refractivity contribution in [3.8, 4) is 17.1 Å². The number of amides is 1. The summed E-state index contributed by atoms with van der Waals surface area (Å²) in [7, 11) is 1.68. The largest absolute Gasteiger partial charge is 0.496 e. The lowest BCUT2D eigenvalue weighted by atomic mass is 9.72. The molecule has 2 saturated carbocycles. The topological polar surface area (TPSA) is 84.3 Å². The zero-order valence-corrected chi connectivity index (χ0v) is 22.5. The first-order valence-electron chi connectivity index (χ1n) is 13.5. The number of hydrogen-bond donors (Lipinski definition) is 2. The van der Waals surface area contributed by atoms with Gasteiger partial charge in [0, 0.05) is 17.4 Å². The summed E-state index contributed by atoms with van der Waals surface area (Å²) >= 11 is 1.34. The minimum atomic E-state index is -0.469. The van der Waals surface area contributed by atoms with Crippen LogP contribution in [-0.2, 0) is 4.79 Å². The fraction of sp³-hybridized carbons (Fsp3) is 0.500. The maximum absolute atomic E-state index is 13.4. The molecule has 4 unspecified atom stereocenters. The Bertz CT molecular complexity index is 1190. The molecule has 1 heterocycles. The number of carbonyl (C=O) groups is 1. The van der Waals surface area contributed by atoms with Crippen molar-refractivity contribution in [2.75, 3.05) is 7.11 Å². The molecule has 2 aromatic carbocycles. The SMILES string of the molecule is COc1ccc(C2CCC(C(NC(=O)C3CCCCC3)c3cccc(-c4ncsn4)c3)CC2O)cc1C. The van der Waals surface area contributed by atoms with E-state index in [0.29, 0.717) is 12.2 Å². The monoisotopic (exact) mass is 519 g/mol. The van der Waals surface area contributed by atoms with Gasteiger partial charge >= 0.3 is 0 Å². The highest BCUT2D eigenvalue weighted by atomic mass is 32.1. The first kappa shape index (κ1) is 25.9. The lowest BCUT2D eigenvalue weighted by Gasteiger charge is -2.38. The third-order valence-electron chi connectivity index (χ3n) is 8.31. The smallest absolute Gasteiger partial charge is 0.223 e. The van der Waals surface area contributed by atoms with E-state index in [4.69, 9.17) is 4.74 Å². The van der Waals surface area contributed by atoms with Gasteiger partial charge in [0.2, 0.25) is 5.91 Å².